The molecule has 3 heterocycles. The molecule has 8 heteroatoms. The van der Waals surface area contributed by atoms with Crippen LogP contribution in [0.2, 0.25) is 0 Å². The number of hydrogen-bond donors (Lipinski definition) is 0. The fraction of sp³-hybridized carbons (Fsp3) is 0.200. The van der Waals surface area contributed by atoms with E-state index in [0.717, 1.165) is 10.2 Å². The molecular formula is C30H24N2O5S. The lowest BCUT2D eigenvalue weighted by atomic mass is 9.98. The van der Waals surface area contributed by atoms with Crippen molar-refractivity contribution in [2.24, 2.45) is 0 Å². The first-order valence-electron chi connectivity index (χ1n) is 12.4. The van der Waals surface area contributed by atoms with Crippen molar-refractivity contribution in [1.82, 2.24) is 4.98 Å². The smallest absolute Gasteiger partial charge is 0.338 e. The number of ether oxygens (including phenoxy) is 1. The Morgan fingerprint density at radius 1 is 1.08 bits per heavy atom. The lowest BCUT2D eigenvalue weighted by Gasteiger charge is -2.22. The lowest BCUT2D eigenvalue weighted by molar-refractivity contribution is 0.0526. The van der Waals surface area contributed by atoms with Crippen molar-refractivity contribution in [2.45, 2.75) is 32.7 Å². The molecule has 0 saturated heterocycles. The number of anilines is 1. The van der Waals surface area contributed by atoms with Gasteiger partial charge in [0.05, 0.1) is 39.4 Å². The summed E-state index contributed by atoms with van der Waals surface area (Å²) in [5.74, 6) is -0.500. The summed E-state index contributed by atoms with van der Waals surface area (Å²) in [5, 5.41) is 0.875. The predicted octanol–water partition coefficient (Wildman–Crippen LogP) is 6.45. The summed E-state index contributed by atoms with van der Waals surface area (Å²) < 4.78 is 12.1. The van der Waals surface area contributed by atoms with Crippen molar-refractivity contribution in [3.8, 4) is 0 Å². The molecule has 5 aromatic rings. The molecule has 0 aliphatic carbocycles. The van der Waals surface area contributed by atoms with Crippen LogP contribution in [-0.2, 0) is 4.74 Å². The standard InChI is InChI=1S/C30H24N2O5S/c1-4-36-29(35)18-11-9-17(10-12-18)25-24-26(33)20-7-5-6-8-22(20)37-27(24)28(34)32(25)30-31-21-14-13-19(16(2)3)15-23(21)38-30/h5-16,25H,4H2,1-3H3/t25-/m0/s1. The maximum Gasteiger partial charge on any atom is 0.338 e. The fourth-order valence-electron chi connectivity index (χ4n) is 4.84. The van der Waals surface area contributed by atoms with Crippen molar-refractivity contribution < 1.29 is 18.7 Å². The Balaban J connectivity index is 1.55. The zero-order valence-corrected chi connectivity index (χ0v) is 21.9. The summed E-state index contributed by atoms with van der Waals surface area (Å²) >= 11 is 1.40. The Morgan fingerprint density at radius 3 is 2.58 bits per heavy atom. The first-order chi connectivity index (χ1) is 18.4. The zero-order chi connectivity index (χ0) is 26.6. The average Bonchev–Trinajstić information content (AvgIpc) is 3.47. The lowest BCUT2D eigenvalue weighted by Crippen LogP contribution is -2.29. The summed E-state index contributed by atoms with van der Waals surface area (Å²) in [7, 11) is 0. The Bertz CT molecular complexity index is 1780. The van der Waals surface area contributed by atoms with Crippen LogP contribution in [0, 0.1) is 0 Å². The average molecular weight is 525 g/mol. The van der Waals surface area contributed by atoms with E-state index < -0.39 is 17.9 Å². The number of fused-ring (bicyclic) bond motifs is 3. The van der Waals surface area contributed by atoms with E-state index >= 15 is 0 Å². The minimum absolute atomic E-state index is 0.00953. The summed E-state index contributed by atoms with van der Waals surface area (Å²) in [5.41, 5.74) is 3.36. The Labute approximate surface area is 222 Å². The summed E-state index contributed by atoms with van der Waals surface area (Å²) in [6.45, 7) is 6.27. The van der Waals surface area contributed by atoms with Gasteiger partial charge >= 0.3 is 5.97 Å². The molecule has 0 N–H and O–H groups in total. The van der Waals surface area contributed by atoms with Gasteiger partial charge < -0.3 is 9.15 Å². The van der Waals surface area contributed by atoms with Gasteiger partial charge in [-0.2, -0.15) is 0 Å². The van der Waals surface area contributed by atoms with E-state index in [9.17, 15) is 14.4 Å². The van der Waals surface area contributed by atoms with Crippen LogP contribution in [0.1, 0.15) is 70.3 Å². The Kier molecular flexibility index (Phi) is 5.84. The van der Waals surface area contributed by atoms with Gasteiger partial charge in [0.25, 0.3) is 5.91 Å². The van der Waals surface area contributed by atoms with Crippen LogP contribution in [0.15, 0.2) is 75.9 Å². The molecule has 7 nitrogen and oxygen atoms in total. The topological polar surface area (TPSA) is 89.7 Å². The molecule has 0 spiro atoms. The number of nitrogens with zero attached hydrogens (tertiary/aromatic N) is 2. The molecule has 190 valence electrons. The molecule has 3 aromatic carbocycles. The SMILES string of the molecule is CCOC(=O)c1ccc([C@H]2c3c(oc4ccccc4c3=O)C(=O)N2c2nc3ccc(C(C)C)cc3s2)cc1. The summed E-state index contributed by atoms with van der Waals surface area (Å²) in [6, 6.07) is 19.0. The molecule has 0 unspecified atom stereocenters. The second-order valence-corrected chi connectivity index (χ2v) is 10.5. The van der Waals surface area contributed by atoms with Gasteiger partial charge in [-0.15, -0.1) is 0 Å². The first-order valence-corrected chi connectivity index (χ1v) is 13.3. The predicted molar refractivity (Wildman–Crippen MR) is 147 cm³/mol. The molecule has 1 aliphatic rings. The molecule has 2 aromatic heterocycles. The number of hydrogen-bond acceptors (Lipinski definition) is 7. The van der Waals surface area contributed by atoms with Crippen molar-refractivity contribution >= 4 is 49.5 Å². The fourth-order valence-corrected chi connectivity index (χ4v) is 5.88. The maximum atomic E-state index is 13.9. The highest BCUT2D eigenvalue weighted by Gasteiger charge is 2.45. The Hall–Kier alpha value is -4.30. The molecule has 6 rings (SSSR count). The van der Waals surface area contributed by atoms with E-state index in [0.29, 0.717) is 33.1 Å². The number of carbonyl (C=O) groups is 2. The third-order valence-corrected chi connectivity index (χ3v) is 7.81. The molecule has 1 amide bonds. The van der Waals surface area contributed by atoms with Crippen LogP contribution in [0.4, 0.5) is 5.13 Å². The number of benzene rings is 3. The monoisotopic (exact) mass is 524 g/mol. The van der Waals surface area contributed by atoms with Gasteiger partial charge in [-0.3, -0.25) is 14.5 Å². The summed E-state index contributed by atoms with van der Waals surface area (Å²) in [4.78, 5) is 46.2. The van der Waals surface area contributed by atoms with Gasteiger partial charge in [0.2, 0.25) is 5.76 Å². The van der Waals surface area contributed by atoms with E-state index in [1.165, 1.54) is 21.8 Å². The largest absolute Gasteiger partial charge is 0.462 e. The molecule has 0 fully saturated rings. The van der Waals surface area contributed by atoms with Crippen LogP contribution in [0.3, 0.4) is 0 Å². The normalized spacial score (nSPS) is 15.0. The Morgan fingerprint density at radius 2 is 1.84 bits per heavy atom. The number of amides is 1. The molecule has 0 bridgehead atoms. The van der Waals surface area contributed by atoms with Gasteiger partial charge in [0.1, 0.15) is 5.58 Å². The van der Waals surface area contributed by atoms with Gasteiger partial charge in [-0.25, -0.2) is 9.78 Å². The first kappa shape index (κ1) is 24.1. The highest BCUT2D eigenvalue weighted by atomic mass is 32.1. The zero-order valence-electron chi connectivity index (χ0n) is 21.1. The quantitative estimate of drug-likeness (QED) is 0.245. The second kappa shape index (κ2) is 9.22. The number of para-hydroxylation sites is 1. The van der Waals surface area contributed by atoms with E-state index in [1.807, 2.05) is 12.1 Å². The molecule has 0 saturated carbocycles. The van der Waals surface area contributed by atoms with Gasteiger partial charge in [0, 0.05) is 0 Å². The van der Waals surface area contributed by atoms with E-state index in [4.69, 9.17) is 14.1 Å². The number of carbonyl (C=O) groups excluding carboxylic acids is 2. The van der Waals surface area contributed by atoms with E-state index in [-0.39, 0.29) is 23.4 Å². The van der Waals surface area contributed by atoms with Crippen LogP contribution < -0.4 is 10.3 Å². The number of aromatic nitrogens is 1. The maximum absolute atomic E-state index is 13.9. The number of thiazole rings is 1. The highest BCUT2D eigenvalue weighted by molar-refractivity contribution is 7.22. The molecule has 1 atom stereocenters. The van der Waals surface area contributed by atoms with Crippen molar-refractivity contribution in [1.29, 1.82) is 0 Å². The van der Waals surface area contributed by atoms with Crippen molar-refractivity contribution in [3.05, 3.63) is 105 Å². The molecule has 38 heavy (non-hydrogen) atoms. The van der Waals surface area contributed by atoms with E-state index in [1.54, 1.807) is 55.5 Å². The molecular weight excluding hydrogens is 500 g/mol. The van der Waals surface area contributed by atoms with Crippen molar-refractivity contribution in [3.63, 3.8) is 0 Å². The number of esters is 1. The van der Waals surface area contributed by atoms with Crippen LogP contribution in [-0.4, -0.2) is 23.5 Å². The van der Waals surface area contributed by atoms with Crippen LogP contribution >= 0.6 is 11.3 Å². The van der Waals surface area contributed by atoms with Crippen LogP contribution in [0.25, 0.3) is 21.2 Å². The highest BCUT2D eigenvalue weighted by Crippen LogP contribution is 2.44. The van der Waals surface area contributed by atoms with Crippen molar-refractivity contribution in [2.75, 3.05) is 11.5 Å². The van der Waals surface area contributed by atoms with Gasteiger partial charge in [0.15, 0.2) is 10.6 Å². The third-order valence-electron chi connectivity index (χ3n) is 6.79. The minimum Gasteiger partial charge on any atom is -0.462 e. The third kappa shape index (κ3) is 3.80. The van der Waals surface area contributed by atoms with Crippen LogP contribution in [0.5, 0.6) is 0 Å². The van der Waals surface area contributed by atoms with E-state index in [2.05, 4.69) is 19.9 Å². The molecule has 0 radical (unpaired) electrons. The molecule has 1 aliphatic heterocycles. The van der Waals surface area contributed by atoms with Gasteiger partial charge in [-0.1, -0.05) is 55.5 Å². The second-order valence-electron chi connectivity index (χ2n) is 9.47. The van der Waals surface area contributed by atoms with Gasteiger partial charge in [-0.05, 0) is 60.4 Å². The number of rotatable bonds is 5. The summed E-state index contributed by atoms with van der Waals surface area (Å²) in [6.07, 6.45) is 0. The minimum atomic E-state index is -0.764.